The van der Waals surface area contributed by atoms with Gasteiger partial charge >= 0.3 is 0 Å². The fourth-order valence-corrected chi connectivity index (χ4v) is 2.56. The Labute approximate surface area is 119 Å². The van der Waals surface area contributed by atoms with Crippen LogP contribution in [0.15, 0.2) is 64.6 Å². The Morgan fingerprint density at radius 1 is 1.05 bits per heavy atom. The fourth-order valence-electron chi connectivity index (χ4n) is 1.71. The number of para-hydroxylation sites is 1. The molecule has 0 amide bonds. The van der Waals surface area contributed by atoms with Gasteiger partial charge in [0.15, 0.2) is 0 Å². The summed E-state index contributed by atoms with van der Waals surface area (Å²) in [6.07, 6.45) is 0. The highest BCUT2D eigenvalue weighted by Crippen LogP contribution is 2.27. The minimum Gasteiger partial charge on any atom is -0.192 e. The van der Waals surface area contributed by atoms with Crippen LogP contribution in [0.25, 0.3) is 5.69 Å². The lowest BCUT2D eigenvalue weighted by molar-refractivity contribution is 0.756. The van der Waals surface area contributed by atoms with Crippen LogP contribution in [-0.2, 0) is 0 Å². The van der Waals surface area contributed by atoms with Crippen molar-refractivity contribution in [1.29, 1.82) is 5.26 Å². The van der Waals surface area contributed by atoms with Crippen LogP contribution in [0.3, 0.4) is 0 Å². The van der Waals surface area contributed by atoms with E-state index in [0.717, 1.165) is 10.6 Å². The highest BCUT2D eigenvalue weighted by Gasteiger charge is 2.09. The van der Waals surface area contributed by atoms with Gasteiger partial charge in [-0.25, -0.2) is 0 Å². The van der Waals surface area contributed by atoms with Gasteiger partial charge in [-0.2, -0.15) is 9.94 Å². The molecule has 0 saturated carbocycles. The van der Waals surface area contributed by atoms with Crippen molar-refractivity contribution >= 4 is 11.8 Å². The van der Waals surface area contributed by atoms with E-state index in [0.29, 0.717) is 10.7 Å². The van der Waals surface area contributed by atoms with Gasteiger partial charge in [0, 0.05) is 4.90 Å². The summed E-state index contributed by atoms with van der Waals surface area (Å²) in [5.41, 5.74) is 1.52. The normalized spacial score (nSPS) is 10.2. The topological polar surface area (TPSA) is 67.4 Å². The molecular weight excluding hydrogens is 270 g/mol. The Morgan fingerprint density at radius 2 is 1.90 bits per heavy atom. The van der Waals surface area contributed by atoms with Gasteiger partial charge in [0.2, 0.25) is 5.16 Å². The van der Waals surface area contributed by atoms with E-state index < -0.39 is 0 Å². The number of rotatable bonds is 3. The van der Waals surface area contributed by atoms with E-state index in [1.165, 1.54) is 11.8 Å². The average molecular weight is 279 g/mol. The molecule has 6 heteroatoms. The number of aromatic nitrogens is 4. The Balaban J connectivity index is 1.93. The summed E-state index contributed by atoms with van der Waals surface area (Å²) < 4.78 is 1.67. The first-order valence-electron chi connectivity index (χ1n) is 5.88. The minimum absolute atomic E-state index is 0.619. The van der Waals surface area contributed by atoms with Crippen LogP contribution < -0.4 is 0 Å². The monoisotopic (exact) mass is 279 g/mol. The van der Waals surface area contributed by atoms with Crippen LogP contribution in [0.2, 0.25) is 0 Å². The highest BCUT2D eigenvalue weighted by molar-refractivity contribution is 7.99. The molecule has 0 bridgehead atoms. The Morgan fingerprint density at radius 3 is 2.70 bits per heavy atom. The molecule has 0 N–H and O–H groups in total. The summed E-state index contributed by atoms with van der Waals surface area (Å²) in [4.78, 5) is 0.927. The molecule has 0 fully saturated rings. The Kier molecular flexibility index (Phi) is 3.44. The molecule has 0 aliphatic heterocycles. The van der Waals surface area contributed by atoms with Crippen LogP contribution in [0.4, 0.5) is 0 Å². The summed E-state index contributed by atoms with van der Waals surface area (Å²) in [6, 6.07) is 19.2. The molecule has 0 aliphatic rings. The lowest BCUT2D eigenvalue weighted by Crippen LogP contribution is -1.98. The van der Waals surface area contributed by atoms with Crippen LogP contribution in [0.1, 0.15) is 5.56 Å². The second-order valence-corrected chi connectivity index (χ2v) is 4.99. The highest BCUT2D eigenvalue weighted by atomic mass is 32.2. The van der Waals surface area contributed by atoms with E-state index in [1.807, 2.05) is 48.5 Å². The Hall–Kier alpha value is -2.65. The van der Waals surface area contributed by atoms with Gasteiger partial charge in [0.1, 0.15) is 0 Å². The van der Waals surface area contributed by atoms with Crippen molar-refractivity contribution in [2.45, 2.75) is 10.1 Å². The molecule has 0 unspecified atom stereocenters. The molecule has 0 aliphatic carbocycles. The van der Waals surface area contributed by atoms with E-state index in [2.05, 4.69) is 21.6 Å². The second-order valence-electron chi connectivity index (χ2n) is 3.95. The van der Waals surface area contributed by atoms with Gasteiger partial charge in [-0.1, -0.05) is 24.3 Å². The van der Waals surface area contributed by atoms with Crippen molar-refractivity contribution < 1.29 is 0 Å². The molecule has 5 nitrogen and oxygen atoms in total. The third kappa shape index (κ3) is 2.53. The third-order valence-corrected chi connectivity index (χ3v) is 3.54. The summed E-state index contributed by atoms with van der Waals surface area (Å²) >= 11 is 1.42. The van der Waals surface area contributed by atoms with E-state index in [9.17, 15) is 0 Å². The zero-order valence-corrected chi connectivity index (χ0v) is 11.2. The number of hydrogen-bond acceptors (Lipinski definition) is 5. The van der Waals surface area contributed by atoms with E-state index in [4.69, 9.17) is 5.26 Å². The number of nitriles is 1. The molecule has 0 spiro atoms. The van der Waals surface area contributed by atoms with Crippen molar-refractivity contribution in [3.05, 3.63) is 60.2 Å². The maximum absolute atomic E-state index is 8.92. The predicted molar refractivity (Wildman–Crippen MR) is 74.4 cm³/mol. The van der Waals surface area contributed by atoms with Gasteiger partial charge in [-0.05, 0) is 52.5 Å². The maximum Gasteiger partial charge on any atom is 0.218 e. The van der Waals surface area contributed by atoms with Crippen molar-refractivity contribution in [3.63, 3.8) is 0 Å². The lowest BCUT2D eigenvalue weighted by atomic mass is 10.2. The van der Waals surface area contributed by atoms with Gasteiger partial charge in [-0.15, -0.1) is 5.10 Å². The number of tetrazole rings is 1. The molecule has 1 aromatic heterocycles. The molecule has 0 radical (unpaired) electrons. The first-order chi connectivity index (χ1) is 9.86. The summed E-state index contributed by atoms with van der Waals surface area (Å²) in [7, 11) is 0. The average Bonchev–Trinajstić information content (AvgIpc) is 2.96. The number of hydrogen-bond donors (Lipinski definition) is 0. The van der Waals surface area contributed by atoms with Crippen molar-refractivity contribution in [3.8, 4) is 11.8 Å². The molecule has 20 heavy (non-hydrogen) atoms. The molecular formula is C14H9N5S. The molecule has 3 rings (SSSR count). The van der Waals surface area contributed by atoms with Gasteiger partial charge in [0.05, 0.1) is 17.3 Å². The maximum atomic E-state index is 8.92. The molecule has 2 aromatic carbocycles. The first kappa shape index (κ1) is 12.4. The van der Waals surface area contributed by atoms with Crippen LogP contribution in [0, 0.1) is 11.3 Å². The van der Waals surface area contributed by atoms with Crippen LogP contribution in [-0.4, -0.2) is 20.2 Å². The lowest BCUT2D eigenvalue weighted by Gasteiger charge is -2.03. The van der Waals surface area contributed by atoms with E-state index in [-0.39, 0.29) is 0 Å². The van der Waals surface area contributed by atoms with Crippen molar-refractivity contribution in [1.82, 2.24) is 20.2 Å². The quantitative estimate of drug-likeness (QED) is 0.737. The van der Waals surface area contributed by atoms with Crippen LogP contribution in [0.5, 0.6) is 0 Å². The molecule has 1 heterocycles. The SMILES string of the molecule is N#Cc1cccc(Sc2nnnn2-c2ccccc2)c1. The van der Waals surface area contributed by atoms with Crippen molar-refractivity contribution in [2.24, 2.45) is 0 Å². The predicted octanol–water partition coefficient (Wildman–Crippen LogP) is 2.69. The van der Waals surface area contributed by atoms with Gasteiger partial charge in [-0.3, -0.25) is 0 Å². The zero-order chi connectivity index (χ0) is 13.8. The van der Waals surface area contributed by atoms with E-state index in [1.54, 1.807) is 10.7 Å². The minimum atomic E-state index is 0.619. The van der Waals surface area contributed by atoms with Crippen LogP contribution >= 0.6 is 11.8 Å². The van der Waals surface area contributed by atoms with Gasteiger partial charge < -0.3 is 0 Å². The fraction of sp³-hybridized carbons (Fsp3) is 0. The standard InChI is InChI=1S/C14H9N5S/c15-10-11-5-4-8-13(9-11)20-14-16-17-18-19(14)12-6-2-1-3-7-12/h1-9H. The van der Waals surface area contributed by atoms with Gasteiger partial charge in [0.25, 0.3) is 0 Å². The smallest absolute Gasteiger partial charge is 0.192 e. The molecule has 96 valence electrons. The molecule has 0 atom stereocenters. The second kappa shape index (κ2) is 5.55. The molecule has 0 saturated heterocycles. The van der Waals surface area contributed by atoms with Crippen molar-refractivity contribution in [2.75, 3.05) is 0 Å². The number of nitrogens with zero attached hydrogens (tertiary/aromatic N) is 5. The summed E-state index contributed by atoms with van der Waals surface area (Å²) in [6.45, 7) is 0. The molecule has 3 aromatic rings. The zero-order valence-electron chi connectivity index (χ0n) is 10.3. The third-order valence-electron chi connectivity index (χ3n) is 2.61. The first-order valence-corrected chi connectivity index (χ1v) is 6.70. The van der Waals surface area contributed by atoms with E-state index >= 15 is 0 Å². The Bertz CT molecular complexity index is 760. The largest absolute Gasteiger partial charge is 0.218 e. The summed E-state index contributed by atoms with van der Waals surface area (Å²) in [5, 5.41) is 21.3. The summed E-state index contributed by atoms with van der Waals surface area (Å²) in [5.74, 6) is 0. The number of benzene rings is 2.